The van der Waals surface area contributed by atoms with Gasteiger partial charge in [-0.25, -0.2) is 0 Å². The van der Waals surface area contributed by atoms with Crippen LogP contribution in [-0.2, 0) is 19.0 Å². The van der Waals surface area contributed by atoms with Gasteiger partial charge < -0.3 is 24.4 Å². The molecule has 0 aromatic heterocycles. The van der Waals surface area contributed by atoms with Crippen LogP contribution in [0, 0.1) is 50.7 Å². The standard InChI is InChI=1S/C32H50O6/c1-18(2)21-9-8-19(26(36-6)38-21)20-12-13-29(4)22-10-11-23-30(5,27(35)37-7)24(33)16-25(34)32(23)17-31(22,32)15-14-28(20,29)3/h19-26,33-34H,1,8-17H2,2-7H3/t19-,20+,21-,22-,23-,24-,25-,26-,28+,29-,30-,31-,32+/m0/s1. The molecule has 0 radical (unpaired) electrons. The number of aliphatic hydroxyl groups is 2. The van der Waals surface area contributed by atoms with Gasteiger partial charge in [0.1, 0.15) is 0 Å². The number of ether oxygens (including phenoxy) is 3. The molecule has 6 rings (SSSR count). The zero-order valence-corrected chi connectivity index (χ0v) is 24.4. The zero-order valence-electron chi connectivity index (χ0n) is 24.4. The summed E-state index contributed by atoms with van der Waals surface area (Å²) in [5.41, 5.74) is 0.267. The molecule has 1 heterocycles. The van der Waals surface area contributed by atoms with Crippen LogP contribution in [0.25, 0.3) is 0 Å². The van der Waals surface area contributed by atoms with Gasteiger partial charge >= 0.3 is 5.97 Å². The molecule has 1 aliphatic heterocycles. The number of carbonyl (C=O) groups excluding carboxylic acids is 1. The number of hydrogen-bond acceptors (Lipinski definition) is 6. The van der Waals surface area contributed by atoms with Crippen molar-refractivity contribution in [2.45, 2.75) is 117 Å². The number of methoxy groups -OCH3 is 2. The molecule has 0 bridgehead atoms. The summed E-state index contributed by atoms with van der Waals surface area (Å²) in [5.74, 6) is 1.11. The lowest BCUT2D eigenvalue weighted by atomic mass is 9.41. The third kappa shape index (κ3) is 3.02. The summed E-state index contributed by atoms with van der Waals surface area (Å²) in [5, 5.41) is 22.7. The molecule has 5 aliphatic carbocycles. The molecule has 0 amide bonds. The van der Waals surface area contributed by atoms with Crippen LogP contribution >= 0.6 is 0 Å². The zero-order chi connectivity index (χ0) is 27.5. The van der Waals surface area contributed by atoms with Gasteiger partial charge in [0, 0.05) is 24.9 Å². The van der Waals surface area contributed by atoms with E-state index in [-0.39, 0.29) is 52.4 Å². The predicted octanol–water partition coefficient (Wildman–Crippen LogP) is 5.25. The minimum absolute atomic E-state index is 0.0358. The van der Waals surface area contributed by atoms with E-state index >= 15 is 0 Å². The van der Waals surface area contributed by atoms with E-state index in [2.05, 4.69) is 27.4 Å². The Balaban J connectivity index is 1.32. The van der Waals surface area contributed by atoms with E-state index in [0.717, 1.165) is 50.5 Å². The Morgan fingerprint density at radius 3 is 2.29 bits per heavy atom. The maximum absolute atomic E-state index is 13.1. The third-order valence-corrected chi connectivity index (χ3v) is 14.2. The minimum Gasteiger partial charge on any atom is -0.469 e. The molecule has 0 aromatic carbocycles. The summed E-state index contributed by atoms with van der Waals surface area (Å²) in [6, 6.07) is 0. The van der Waals surface area contributed by atoms with Crippen LogP contribution in [0.15, 0.2) is 12.2 Å². The van der Waals surface area contributed by atoms with Crippen molar-refractivity contribution < 1.29 is 29.2 Å². The summed E-state index contributed by atoms with van der Waals surface area (Å²) >= 11 is 0. The first-order chi connectivity index (χ1) is 17.9. The lowest BCUT2D eigenvalue weighted by Crippen LogP contribution is -2.63. The number of aliphatic hydroxyl groups excluding tert-OH is 2. The van der Waals surface area contributed by atoms with Gasteiger partial charge in [0.05, 0.1) is 30.8 Å². The molecule has 13 atom stereocenters. The SMILES string of the molecule is C=C(C)[C@@H]1CC[C@@H]([C@H]2CC[C@@]3(C)[C@@H]4CC[C@H]5[C@](C)(C(=O)OC)[C@@H](O)C[C@H](O)[C@@]56C[C@@]46CC[C@]23C)[C@@H](OC)O1. The first-order valence-corrected chi connectivity index (χ1v) is 15.2. The highest BCUT2D eigenvalue weighted by molar-refractivity contribution is 5.78. The molecule has 6 fully saturated rings. The Kier molecular flexibility index (Phi) is 6.11. The fourth-order valence-electron chi connectivity index (χ4n) is 12.1. The quantitative estimate of drug-likeness (QED) is 0.381. The molecule has 6 nitrogen and oxygen atoms in total. The molecule has 0 unspecified atom stereocenters. The highest BCUT2D eigenvalue weighted by atomic mass is 16.7. The fourth-order valence-corrected chi connectivity index (χ4v) is 12.1. The van der Waals surface area contributed by atoms with E-state index in [1.165, 1.54) is 20.0 Å². The van der Waals surface area contributed by atoms with Gasteiger partial charge in [0.15, 0.2) is 6.29 Å². The molecule has 214 valence electrons. The lowest BCUT2D eigenvalue weighted by Gasteiger charge is -2.64. The summed E-state index contributed by atoms with van der Waals surface area (Å²) in [4.78, 5) is 13.1. The van der Waals surface area contributed by atoms with Gasteiger partial charge in [0.25, 0.3) is 0 Å². The van der Waals surface area contributed by atoms with Crippen molar-refractivity contribution in [3.63, 3.8) is 0 Å². The smallest absolute Gasteiger partial charge is 0.314 e. The van der Waals surface area contributed by atoms with Crippen LogP contribution in [-0.4, -0.2) is 55.0 Å². The molecular formula is C32H50O6. The van der Waals surface area contributed by atoms with E-state index in [4.69, 9.17) is 14.2 Å². The monoisotopic (exact) mass is 530 g/mol. The maximum Gasteiger partial charge on any atom is 0.314 e. The molecule has 1 saturated heterocycles. The highest BCUT2D eigenvalue weighted by Gasteiger charge is 2.85. The van der Waals surface area contributed by atoms with Gasteiger partial charge in [-0.3, -0.25) is 4.79 Å². The fraction of sp³-hybridized carbons (Fsp3) is 0.906. The average Bonchev–Trinajstić information content (AvgIpc) is 3.51. The summed E-state index contributed by atoms with van der Waals surface area (Å²) in [7, 11) is 3.22. The summed E-state index contributed by atoms with van der Waals surface area (Å²) in [6.07, 6.45) is 8.42. The second kappa shape index (κ2) is 8.53. The second-order valence-electron chi connectivity index (χ2n) is 14.9. The Labute approximate surface area is 228 Å². The van der Waals surface area contributed by atoms with Crippen molar-refractivity contribution in [2.24, 2.45) is 50.7 Å². The topological polar surface area (TPSA) is 85.2 Å². The Bertz CT molecular complexity index is 1010. The van der Waals surface area contributed by atoms with Crippen LogP contribution < -0.4 is 0 Å². The van der Waals surface area contributed by atoms with E-state index in [9.17, 15) is 15.0 Å². The van der Waals surface area contributed by atoms with E-state index in [0.29, 0.717) is 17.8 Å². The van der Waals surface area contributed by atoms with E-state index < -0.39 is 17.6 Å². The number of carbonyl (C=O) groups is 1. The Morgan fingerprint density at radius 1 is 0.921 bits per heavy atom. The molecule has 5 saturated carbocycles. The maximum atomic E-state index is 13.1. The van der Waals surface area contributed by atoms with Crippen LogP contribution in [0.2, 0.25) is 0 Å². The molecule has 6 aliphatic rings. The van der Waals surface area contributed by atoms with E-state index in [1.54, 1.807) is 7.11 Å². The molecular weight excluding hydrogens is 480 g/mol. The van der Waals surface area contributed by atoms with Gasteiger partial charge in [-0.1, -0.05) is 26.0 Å². The largest absolute Gasteiger partial charge is 0.469 e. The van der Waals surface area contributed by atoms with Gasteiger partial charge in [0.2, 0.25) is 0 Å². The highest BCUT2D eigenvalue weighted by Crippen LogP contribution is 2.89. The van der Waals surface area contributed by atoms with Crippen molar-refractivity contribution in [1.29, 1.82) is 0 Å². The third-order valence-electron chi connectivity index (χ3n) is 14.2. The van der Waals surface area contributed by atoms with Crippen molar-refractivity contribution >= 4 is 5.97 Å². The first-order valence-electron chi connectivity index (χ1n) is 15.2. The van der Waals surface area contributed by atoms with Crippen LogP contribution in [0.4, 0.5) is 0 Å². The van der Waals surface area contributed by atoms with Crippen molar-refractivity contribution in [3.05, 3.63) is 12.2 Å². The minimum atomic E-state index is -0.951. The number of fused-ring (bicyclic) bond motifs is 2. The number of esters is 1. The van der Waals surface area contributed by atoms with Crippen molar-refractivity contribution in [3.8, 4) is 0 Å². The molecule has 0 aromatic rings. The molecule has 2 N–H and O–H groups in total. The second-order valence-corrected chi connectivity index (χ2v) is 14.9. The number of hydrogen-bond donors (Lipinski definition) is 2. The Morgan fingerprint density at radius 2 is 1.63 bits per heavy atom. The average molecular weight is 531 g/mol. The van der Waals surface area contributed by atoms with Crippen LogP contribution in [0.1, 0.15) is 91.9 Å². The normalized spacial score (nSPS) is 57.2. The molecule has 38 heavy (non-hydrogen) atoms. The molecule has 2 spiro atoms. The van der Waals surface area contributed by atoms with Crippen LogP contribution in [0.3, 0.4) is 0 Å². The number of rotatable bonds is 4. The van der Waals surface area contributed by atoms with Gasteiger partial charge in [-0.15, -0.1) is 0 Å². The van der Waals surface area contributed by atoms with E-state index in [1.807, 2.05) is 6.92 Å². The summed E-state index contributed by atoms with van der Waals surface area (Å²) in [6.45, 7) is 13.2. The lowest BCUT2D eigenvalue weighted by molar-refractivity contribution is -0.232. The van der Waals surface area contributed by atoms with Gasteiger partial charge in [-0.05, 0) is 106 Å². The first kappa shape index (κ1) is 27.2. The Hall–Kier alpha value is -0.950. The van der Waals surface area contributed by atoms with Crippen molar-refractivity contribution in [1.82, 2.24) is 0 Å². The van der Waals surface area contributed by atoms with Crippen LogP contribution in [0.5, 0.6) is 0 Å². The van der Waals surface area contributed by atoms with Gasteiger partial charge in [-0.2, -0.15) is 0 Å². The molecule has 6 heteroatoms. The summed E-state index contributed by atoms with van der Waals surface area (Å²) < 4.78 is 17.7. The predicted molar refractivity (Wildman–Crippen MR) is 144 cm³/mol. The van der Waals surface area contributed by atoms with Crippen molar-refractivity contribution in [2.75, 3.05) is 14.2 Å².